The fourth-order valence-corrected chi connectivity index (χ4v) is 5.22. The average molecular weight is 462 g/mol. The quantitative estimate of drug-likeness (QED) is 0.340. The number of hydrogen-bond acceptors (Lipinski definition) is 5. The van der Waals surface area contributed by atoms with Crippen molar-refractivity contribution in [1.82, 2.24) is 10.3 Å². The highest BCUT2D eigenvalue weighted by Crippen LogP contribution is 2.31. The number of aryl methyl sites for hydroxylation is 1. The molecule has 1 heterocycles. The van der Waals surface area contributed by atoms with Crippen LogP contribution in [0.25, 0.3) is 10.2 Å². The van der Waals surface area contributed by atoms with Crippen LogP contribution in [-0.2, 0) is 4.79 Å². The van der Waals surface area contributed by atoms with Crippen molar-refractivity contribution in [2.24, 2.45) is 0 Å². The molecule has 0 spiro atoms. The Bertz CT molecular complexity index is 1250. The highest BCUT2D eigenvalue weighted by molar-refractivity contribution is 8.01. The zero-order valence-electron chi connectivity index (χ0n) is 17.8. The highest BCUT2D eigenvalue weighted by atomic mass is 32.2. The third-order valence-corrected chi connectivity index (χ3v) is 7.18. The maximum absolute atomic E-state index is 12.6. The molecule has 3 aromatic carbocycles. The van der Waals surface area contributed by atoms with E-state index in [4.69, 9.17) is 0 Å². The van der Waals surface area contributed by atoms with E-state index in [1.165, 1.54) is 23.1 Å². The van der Waals surface area contributed by atoms with E-state index in [2.05, 4.69) is 15.6 Å². The predicted octanol–water partition coefficient (Wildman–Crippen LogP) is 5.83. The van der Waals surface area contributed by atoms with Crippen LogP contribution in [0, 0.1) is 6.92 Å². The van der Waals surface area contributed by atoms with Gasteiger partial charge in [0.15, 0.2) is 4.34 Å². The molecule has 32 heavy (non-hydrogen) atoms. The number of carbonyl (C=O) groups is 2. The Morgan fingerprint density at radius 1 is 1.03 bits per heavy atom. The number of fused-ring (bicyclic) bond motifs is 1. The molecule has 162 valence electrons. The summed E-state index contributed by atoms with van der Waals surface area (Å²) < 4.78 is 1.79. The smallest absolute Gasteiger partial charge is 0.255 e. The molecule has 0 aliphatic heterocycles. The van der Waals surface area contributed by atoms with Gasteiger partial charge < -0.3 is 10.6 Å². The first-order chi connectivity index (χ1) is 15.5. The van der Waals surface area contributed by atoms with E-state index >= 15 is 0 Å². The van der Waals surface area contributed by atoms with Crippen LogP contribution >= 0.6 is 23.1 Å². The first-order valence-corrected chi connectivity index (χ1v) is 12.0. The van der Waals surface area contributed by atoms with Crippen LogP contribution < -0.4 is 10.6 Å². The van der Waals surface area contributed by atoms with Crippen molar-refractivity contribution in [3.63, 3.8) is 0 Å². The van der Waals surface area contributed by atoms with Crippen LogP contribution in [-0.4, -0.2) is 22.6 Å². The summed E-state index contributed by atoms with van der Waals surface area (Å²) in [6.07, 6.45) is 0. The molecule has 7 heteroatoms. The van der Waals surface area contributed by atoms with Crippen LogP contribution in [0.5, 0.6) is 0 Å². The molecule has 5 nitrogen and oxygen atoms in total. The van der Waals surface area contributed by atoms with Crippen LogP contribution in [0.2, 0.25) is 0 Å². The van der Waals surface area contributed by atoms with Crippen molar-refractivity contribution in [2.75, 3.05) is 11.1 Å². The zero-order chi connectivity index (χ0) is 22.5. The number of rotatable bonds is 7. The molecule has 0 fully saturated rings. The molecule has 2 amide bonds. The summed E-state index contributed by atoms with van der Waals surface area (Å²) in [4.78, 5) is 29.5. The van der Waals surface area contributed by atoms with Crippen molar-refractivity contribution in [2.45, 2.75) is 24.2 Å². The predicted molar refractivity (Wildman–Crippen MR) is 132 cm³/mol. The summed E-state index contributed by atoms with van der Waals surface area (Å²) in [5, 5.41) is 5.98. The molecular weight excluding hydrogens is 438 g/mol. The zero-order valence-corrected chi connectivity index (χ0v) is 19.4. The molecule has 4 aromatic rings. The van der Waals surface area contributed by atoms with Gasteiger partial charge in [-0.05, 0) is 49.2 Å². The second kappa shape index (κ2) is 9.97. The number of amides is 2. The van der Waals surface area contributed by atoms with E-state index in [0.717, 1.165) is 31.4 Å². The van der Waals surface area contributed by atoms with E-state index in [1.807, 2.05) is 86.6 Å². The summed E-state index contributed by atoms with van der Waals surface area (Å²) in [6, 6.07) is 23.0. The maximum atomic E-state index is 12.6. The van der Waals surface area contributed by atoms with Gasteiger partial charge in [-0.15, -0.1) is 11.3 Å². The number of hydrogen-bond donors (Lipinski definition) is 2. The van der Waals surface area contributed by atoms with Crippen molar-refractivity contribution < 1.29 is 9.59 Å². The molecule has 0 saturated heterocycles. The SMILES string of the molecule is Cc1ccccc1C(=O)Nc1ccc2nc(SCC(=O)N[C@@H](C)c3ccccc3)sc2c1. The average Bonchev–Trinajstić information content (AvgIpc) is 3.21. The molecule has 0 saturated carbocycles. The summed E-state index contributed by atoms with van der Waals surface area (Å²) in [5.74, 6) is 0.135. The van der Waals surface area contributed by atoms with Gasteiger partial charge in [0.25, 0.3) is 5.91 Å². The fraction of sp³-hybridized carbons (Fsp3) is 0.160. The van der Waals surface area contributed by atoms with Crippen molar-refractivity contribution in [1.29, 1.82) is 0 Å². The molecule has 0 radical (unpaired) electrons. The van der Waals surface area contributed by atoms with Crippen LogP contribution in [0.1, 0.15) is 34.5 Å². The Labute approximate surface area is 195 Å². The van der Waals surface area contributed by atoms with Crippen molar-refractivity contribution in [3.8, 4) is 0 Å². The first kappa shape index (κ1) is 22.0. The summed E-state index contributed by atoms with van der Waals surface area (Å²) >= 11 is 2.93. The lowest BCUT2D eigenvalue weighted by Gasteiger charge is -2.13. The van der Waals surface area contributed by atoms with E-state index in [1.54, 1.807) is 0 Å². The van der Waals surface area contributed by atoms with Gasteiger partial charge in [-0.3, -0.25) is 9.59 Å². The number of carbonyl (C=O) groups excluding carboxylic acids is 2. The Hall–Kier alpha value is -3.16. The fourth-order valence-electron chi connectivity index (χ4n) is 3.30. The minimum absolute atomic E-state index is 0.0307. The van der Waals surface area contributed by atoms with Crippen molar-refractivity contribution >= 4 is 50.8 Å². The van der Waals surface area contributed by atoms with E-state index in [0.29, 0.717) is 11.3 Å². The van der Waals surface area contributed by atoms with E-state index < -0.39 is 0 Å². The normalized spacial score (nSPS) is 11.8. The topological polar surface area (TPSA) is 71.1 Å². The lowest BCUT2D eigenvalue weighted by Crippen LogP contribution is -2.28. The van der Waals surface area contributed by atoms with E-state index in [9.17, 15) is 9.59 Å². The molecular formula is C25H23N3O2S2. The van der Waals surface area contributed by atoms with Crippen LogP contribution in [0.15, 0.2) is 77.1 Å². The van der Waals surface area contributed by atoms with Crippen LogP contribution in [0.4, 0.5) is 5.69 Å². The van der Waals surface area contributed by atoms with E-state index in [-0.39, 0.29) is 17.9 Å². The summed E-state index contributed by atoms with van der Waals surface area (Å²) in [6.45, 7) is 3.89. The molecule has 0 bridgehead atoms. The van der Waals surface area contributed by atoms with Gasteiger partial charge in [0.05, 0.1) is 22.0 Å². The van der Waals surface area contributed by atoms with Crippen molar-refractivity contribution in [3.05, 3.63) is 89.5 Å². The van der Waals surface area contributed by atoms with Gasteiger partial charge in [0, 0.05) is 11.3 Å². The van der Waals surface area contributed by atoms with Gasteiger partial charge in [0.2, 0.25) is 5.91 Å². The minimum Gasteiger partial charge on any atom is -0.349 e. The first-order valence-electron chi connectivity index (χ1n) is 10.2. The monoisotopic (exact) mass is 461 g/mol. The molecule has 1 aromatic heterocycles. The Balaban J connectivity index is 1.37. The number of thiazole rings is 1. The summed E-state index contributed by atoms with van der Waals surface area (Å²) in [5.41, 5.74) is 4.24. The van der Waals surface area contributed by atoms with Crippen LogP contribution in [0.3, 0.4) is 0 Å². The largest absolute Gasteiger partial charge is 0.349 e. The number of thioether (sulfide) groups is 1. The van der Waals surface area contributed by atoms with Gasteiger partial charge in [-0.25, -0.2) is 4.98 Å². The number of nitrogens with zero attached hydrogens (tertiary/aromatic N) is 1. The van der Waals surface area contributed by atoms with Gasteiger partial charge in [-0.1, -0.05) is 60.3 Å². The molecule has 4 rings (SSSR count). The Morgan fingerprint density at radius 2 is 1.78 bits per heavy atom. The molecule has 0 aliphatic carbocycles. The second-order valence-electron chi connectivity index (χ2n) is 7.42. The van der Waals surface area contributed by atoms with Gasteiger partial charge >= 0.3 is 0 Å². The van der Waals surface area contributed by atoms with Gasteiger partial charge in [-0.2, -0.15) is 0 Å². The molecule has 0 aliphatic rings. The number of benzene rings is 3. The highest BCUT2D eigenvalue weighted by Gasteiger charge is 2.13. The lowest BCUT2D eigenvalue weighted by molar-refractivity contribution is -0.119. The number of nitrogens with one attached hydrogen (secondary N) is 2. The van der Waals surface area contributed by atoms with Gasteiger partial charge in [0.1, 0.15) is 0 Å². The number of anilines is 1. The molecule has 2 N–H and O–H groups in total. The molecule has 0 unspecified atom stereocenters. The third-order valence-electron chi connectivity index (χ3n) is 5.02. The standard InChI is InChI=1S/C25H23N3O2S2/c1-16-8-6-7-11-20(16)24(30)27-19-12-13-21-22(14-19)32-25(28-21)31-15-23(29)26-17(2)18-9-4-3-5-10-18/h3-14,17H,15H2,1-2H3,(H,26,29)(H,27,30)/t17-/m0/s1. The maximum Gasteiger partial charge on any atom is 0.255 e. The minimum atomic E-state index is -0.134. The molecule has 1 atom stereocenters. The Morgan fingerprint density at radius 3 is 2.56 bits per heavy atom. The second-order valence-corrected chi connectivity index (χ2v) is 9.67. The lowest BCUT2D eigenvalue weighted by atomic mass is 10.1. The Kier molecular flexibility index (Phi) is 6.87. The number of aromatic nitrogens is 1. The third kappa shape index (κ3) is 5.36. The summed E-state index contributed by atoms with van der Waals surface area (Å²) in [7, 11) is 0.